The van der Waals surface area contributed by atoms with E-state index < -0.39 is 0 Å². The lowest BCUT2D eigenvalue weighted by molar-refractivity contribution is 0.0607. The first-order chi connectivity index (χ1) is 12.3. The molecule has 0 saturated carbocycles. The van der Waals surface area contributed by atoms with Gasteiger partial charge in [-0.15, -0.1) is 0 Å². The van der Waals surface area contributed by atoms with Gasteiger partial charge in [-0.3, -0.25) is 4.79 Å². The van der Waals surface area contributed by atoms with Crippen LogP contribution in [-0.4, -0.2) is 22.3 Å². The second kappa shape index (κ2) is 6.73. The zero-order chi connectivity index (χ0) is 17.2. The highest BCUT2D eigenvalue weighted by molar-refractivity contribution is 5.94. The minimum atomic E-state index is 0.104. The van der Waals surface area contributed by atoms with E-state index in [-0.39, 0.29) is 11.9 Å². The summed E-state index contributed by atoms with van der Waals surface area (Å²) in [6.45, 7) is 1.30. The Labute approximate surface area is 147 Å². The fraction of sp³-hybridized carbons (Fsp3) is 0.286. The van der Waals surface area contributed by atoms with Gasteiger partial charge in [0.15, 0.2) is 0 Å². The van der Waals surface area contributed by atoms with E-state index in [1.807, 2.05) is 41.3 Å². The molecule has 0 spiro atoms. The highest BCUT2D eigenvalue weighted by Crippen LogP contribution is 2.33. The number of nitrogens with two attached hydrogens (primary N) is 1. The minimum Gasteiger partial charge on any atom is -0.357 e. The summed E-state index contributed by atoms with van der Waals surface area (Å²) in [5.41, 5.74) is 9.69. The molecule has 4 nitrogen and oxygen atoms in total. The third kappa shape index (κ3) is 3.05. The van der Waals surface area contributed by atoms with E-state index in [2.05, 4.69) is 23.2 Å². The average Bonchev–Trinajstić information content (AvgIpc) is 3.11. The molecule has 25 heavy (non-hydrogen) atoms. The van der Waals surface area contributed by atoms with E-state index in [1.54, 1.807) is 0 Å². The Morgan fingerprint density at radius 3 is 2.68 bits per heavy atom. The second-order valence-electron chi connectivity index (χ2n) is 6.72. The van der Waals surface area contributed by atoms with Crippen molar-refractivity contribution in [3.63, 3.8) is 0 Å². The number of fused-ring (bicyclic) bond motifs is 1. The number of nitrogens with zero attached hydrogens (tertiary/aromatic N) is 1. The predicted octanol–water partition coefficient (Wildman–Crippen LogP) is 3.99. The van der Waals surface area contributed by atoms with Crippen molar-refractivity contribution in [1.29, 1.82) is 0 Å². The molecular weight excluding hydrogens is 310 g/mol. The molecule has 1 aliphatic rings. The van der Waals surface area contributed by atoms with Crippen LogP contribution in [0.4, 0.5) is 0 Å². The molecule has 0 bridgehead atoms. The van der Waals surface area contributed by atoms with E-state index >= 15 is 0 Å². The molecule has 4 heteroatoms. The predicted molar refractivity (Wildman–Crippen MR) is 100 cm³/mol. The molecule has 2 heterocycles. The molecular formula is C21H23N3O. The summed E-state index contributed by atoms with van der Waals surface area (Å²) >= 11 is 0. The van der Waals surface area contributed by atoms with Gasteiger partial charge < -0.3 is 15.6 Å². The van der Waals surface area contributed by atoms with Crippen molar-refractivity contribution in [3.8, 4) is 0 Å². The third-order valence-electron chi connectivity index (χ3n) is 5.11. The number of likely N-dealkylation sites (tertiary alicyclic amines) is 1. The van der Waals surface area contributed by atoms with E-state index in [0.29, 0.717) is 6.54 Å². The molecule has 4 rings (SSSR count). The van der Waals surface area contributed by atoms with Crippen LogP contribution in [0.3, 0.4) is 0 Å². The molecule has 1 aliphatic heterocycles. The van der Waals surface area contributed by atoms with E-state index in [0.717, 1.165) is 48.1 Å². The number of aromatic amines is 1. The Kier molecular flexibility index (Phi) is 4.28. The van der Waals surface area contributed by atoms with Crippen molar-refractivity contribution in [2.24, 2.45) is 5.73 Å². The fourth-order valence-electron chi connectivity index (χ4n) is 3.72. The quantitative estimate of drug-likeness (QED) is 0.761. The van der Waals surface area contributed by atoms with Gasteiger partial charge in [0.05, 0.1) is 6.04 Å². The first kappa shape index (κ1) is 15.9. The van der Waals surface area contributed by atoms with Crippen molar-refractivity contribution in [3.05, 3.63) is 71.4 Å². The fourth-order valence-corrected chi connectivity index (χ4v) is 3.72. The van der Waals surface area contributed by atoms with Crippen molar-refractivity contribution in [2.45, 2.75) is 31.8 Å². The maximum atomic E-state index is 13.1. The van der Waals surface area contributed by atoms with Gasteiger partial charge in [-0.05, 0) is 54.5 Å². The Morgan fingerprint density at radius 1 is 1.12 bits per heavy atom. The molecule has 0 radical (unpaired) electrons. The minimum absolute atomic E-state index is 0.104. The van der Waals surface area contributed by atoms with Crippen LogP contribution in [-0.2, 0) is 6.54 Å². The number of carbonyl (C=O) groups excluding carboxylic acids is 1. The number of para-hydroxylation sites is 1. The van der Waals surface area contributed by atoms with Crippen molar-refractivity contribution in [1.82, 2.24) is 9.88 Å². The summed E-state index contributed by atoms with van der Waals surface area (Å²) in [7, 11) is 0. The van der Waals surface area contributed by atoms with Crippen LogP contribution in [0.1, 0.15) is 46.9 Å². The van der Waals surface area contributed by atoms with Crippen molar-refractivity contribution in [2.75, 3.05) is 6.54 Å². The van der Waals surface area contributed by atoms with Crippen LogP contribution in [0, 0.1) is 0 Å². The lowest BCUT2D eigenvalue weighted by atomic mass is 9.98. The van der Waals surface area contributed by atoms with Crippen LogP contribution in [0.25, 0.3) is 10.9 Å². The number of nitrogens with one attached hydrogen (secondary N) is 1. The molecule has 1 unspecified atom stereocenters. The summed E-state index contributed by atoms with van der Waals surface area (Å²) in [6.07, 6.45) is 3.21. The van der Waals surface area contributed by atoms with E-state index in [9.17, 15) is 4.79 Å². The van der Waals surface area contributed by atoms with E-state index in [4.69, 9.17) is 5.73 Å². The number of hydrogen-bond acceptors (Lipinski definition) is 2. The summed E-state index contributed by atoms with van der Waals surface area (Å²) in [6, 6.07) is 18.2. The lowest BCUT2D eigenvalue weighted by Gasteiger charge is -2.35. The van der Waals surface area contributed by atoms with Gasteiger partial charge >= 0.3 is 0 Å². The highest BCUT2D eigenvalue weighted by Gasteiger charge is 2.29. The first-order valence-electron chi connectivity index (χ1n) is 8.94. The van der Waals surface area contributed by atoms with Crippen molar-refractivity contribution < 1.29 is 4.79 Å². The summed E-state index contributed by atoms with van der Waals surface area (Å²) in [4.78, 5) is 18.6. The molecule has 1 amide bonds. The van der Waals surface area contributed by atoms with Gasteiger partial charge in [0.1, 0.15) is 0 Å². The Hall–Kier alpha value is -2.59. The topological polar surface area (TPSA) is 62.1 Å². The largest absolute Gasteiger partial charge is 0.357 e. The number of piperidine rings is 1. The van der Waals surface area contributed by atoms with Gasteiger partial charge in [0.2, 0.25) is 0 Å². The van der Waals surface area contributed by atoms with Gasteiger partial charge in [-0.2, -0.15) is 0 Å². The zero-order valence-corrected chi connectivity index (χ0v) is 14.2. The molecule has 2 aromatic carbocycles. The molecule has 128 valence electrons. The Balaban J connectivity index is 1.64. The maximum Gasteiger partial charge on any atom is 0.254 e. The number of rotatable bonds is 3. The van der Waals surface area contributed by atoms with Gasteiger partial charge in [-0.1, -0.05) is 30.3 Å². The normalized spacial score (nSPS) is 17.8. The first-order valence-corrected chi connectivity index (χ1v) is 8.94. The van der Waals surface area contributed by atoms with Gasteiger partial charge in [0, 0.05) is 29.9 Å². The van der Waals surface area contributed by atoms with Gasteiger partial charge in [-0.25, -0.2) is 0 Å². The molecule has 1 atom stereocenters. The maximum absolute atomic E-state index is 13.1. The Morgan fingerprint density at radius 2 is 1.92 bits per heavy atom. The lowest BCUT2D eigenvalue weighted by Crippen LogP contribution is -2.38. The molecule has 1 aromatic heterocycles. The number of H-pyrrole nitrogens is 1. The molecule has 3 aromatic rings. The van der Waals surface area contributed by atoms with Crippen LogP contribution >= 0.6 is 0 Å². The standard InChI is InChI=1S/C21H23N3O/c22-14-15-8-10-16(11-9-15)21(25)24-12-4-3-7-20(24)19-13-17-5-1-2-6-18(17)23-19/h1-2,5-6,8-11,13,20,23H,3-4,7,12,14,22H2. The second-order valence-corrected chi connectivity index (χ2v) is 6.72. The summed E-state index contributed by atoms with van der Waals surface area (Å²) < 4.78 is 0. The van der Waals surface area contributed by atoms with Crippen molar-refractivity contribution >= 4 is 16.8 Å². The molecule has 0 aliphatic carbocycles. The Bertz CT molecular complexity index is 849. The number of hydrogen-bond donors (Lipinski definition) is 2. The van der Waals surface area contributed by atoms with Crippen LogP contribution in [0.2, 0.25) is 0 Å². The van der Waals surface area contributed by atoms with E-state index in [1.165, 1.54) is 5.39 Å². The summed E-state index contributed by atoms with van der Waals surface area (Å²) in [5.74, 6) is 0.104. The molecule has 1 saturated heterocycles. The molecule has 1 fully saturated rings. The van der Waals surface area contributed by atoms with Crippen LogP contribution < -0.4 is 5.73 Å². The number of carbonyl (C=O) groups is 1. The average molecular weight is 333 g/mol. The number of benzene rings is 2. The van der Waals surface area contributed by atoms with Gasteiger partial charge in [0.25, 0.3) is 5.91 Å². The highest BCUT2D eigenvalue weighted by atomic mass is 16.2. The van der Waals surface area contributed by atoms with Crippen LogP contribution in [0.15, 0.2) is 54.6 Å². The molecule has 3 N–H and O–H groups in total. The summed E-state index contributed by atoms with van der Waals surface area (Å²) in [5, 5.41) is 1.20. The number of amides is 1. The zero-order valence-electron chi connectivity index (χ0n) is 14.2. The number of aromatic nitrogens is 1. The van der Waals surface area contributed by atoms with Crippen LogP contribution in [0.5, 0.6) is 0 Å². The SMILES string of the molecule is NCc1ccc(C(=O)N2CCCCC2c2cc3ccccc3[nH]2)cc1. The monoisotopic (exact) mass is 333 g/mol. The smallest absolute Gasteiger partial charge is 0.254 e. The third-order valence-corrected chi connectivity index (χ3v) is 5.11.